The number of amides is 1. The van der Waals surface area contributed by atoms with Gasteiger partial charge in [0.1, 0.15) is 5.75 Å². The number of carbonyl (C=O) groups is 1. The quantitative estimate of drug-likeness (QED) is 0.896. The molecule has 4 nitrogen and oxygen atoms in total. The van der Waals surface area contributed by atoms with Gasteiger partial charge in [-0.2, -0.15) is 0 Å². The van der Waals surface area contributed by atoms with Crippen LogP contribution in [0.3, 0.4) is 0 Å². The number of nitrogens with one attached hydrogen (secondary N) is 1. The molecule has 0 saturated heterocycles. The van der Waals surface area contributed by atoms with Gasteiger partial charge in [0.2, 0.25) is 5.91 Å². The maximum Gasteiger partial charge on any atom is 0.221 e. The van der Waals surface area contributed by atoms with Crippen LogP contribution in [0.25, 0.3) is 0 Å². The molecule has 0 aliphatic heterocycles. The summed E-state index contributed by atoms with van der Waals surface area (Å²) in [4.78, 5) is 11.2. The molecule has 104 valence electrons. The third-order valence-corrected chi connectivity index (χ3v) is 3.05. The van der Waals surface area contributed by atoms with Crippen LogP contribution in [-0.2, 0) is 11.3 Å². The topological polar surface area (TPSA) is 64.3 Å². The van der Waals surface area contributed by atoms with E-state index < -0.39 is 0 Å². The maximum atomic E-state index is 11.2. The van der Waals surface area contributed by atoms with E-state index in [9.17, 15) is 4.79 Å². The molecule has 20 heavy (non-hydrogen) atoms. The zero-order chi connectivity index (χ0) is 14.5. The molecule has 0 saturated carbocycles. The number of hydrogen-bond donors (Lipinski definition) is 2. The summed E-state index contributed by atoms with van der Waals surface area (Å²) < 4.78 is 6.73. The van der Waals surface area contributed by atoms with Crippen molar-refractivity contribution < 1.29 is 9.53 Å². The second kappa shape index (κ2) is 6.54. The van der Waals surface area contributed by atoms with Gasteiger partial charge in [0.15, 0.2) is 5.75 Å². The van der Waals surface area contributed by atoms with Gasteiger partial charge in [-0.05, 0) is 35.9 Å². The van der Waals surface area contributed by atoms with E-state index in [1.807, 2.05) is 30.3 Å². The van der Waals surface area contributed by atoms with E-state index >= 15 is 0 Å². The first-order chi connectivity index (χ1) is 9.58. The highest BCUT2D eigenvalue weighted by molar-refractivity contribution is 9.10. The Morgan fingerprint density at radius 1 is 1.30 bits per heavy atom. The number of nitrogens with two attached hydrogens (primary N) is 1. The minimum Gasteiger partial charge on any atom is -0.455 e. The number of benzene rings is 2. The third-order valence-electron chi connectivity index (χ3n) is 2.59. The number of carbonyl (C=O) groups excluding carboxylic acids is 1. The van der Waals surface area contributed by atoms with E-state index in [1.54, 1.807) is 12.1 Å². The van der Waals surface area contributed by atoms with Gasteiger partial charge >= 0.3 is 0 Å². The van der Waals surface area contributed by atoms with Gasteiger partial charge in [0.25, 0.3) is 0 Å². The zero-order valence-corrected chi connectivity index (χ0v) is 12.6. The number of halogens is 1. The Kier molecular flexibility index (Phi) is 4.76. The number of hydrogen-bond acceptors (Lipinski definition) is 3. The highest BCUT2D eigenvalue weighted by Crippen LogP contribution is 2.31. The van der Waals surface area contributed by atoms with Crippen molar-refractivity contribution in [1.29, 1.82) is 0 Å². The third kappa shape index (κ3) is 3.82. The van der Waals surface area contributed by atoms with E-state index in [0.717, 1.165) is 10.0 Å². The summed E-state index contributed by atoms with van der Waals surface area (Å²) >= 11 is 3.42. The molecule has 0 spiro atoms. The standard InChI is InChI=1S/C15H15BrN2O2/c1-10(19)18-14-4-2-3-5-15(14)20-13-7-11(9-17)6-12(16)8-13/h2-8H,9,17H2,1H3,(H,18,19). The summed E-state index contributed by atoms with van der Waals surface area (Å²) in [6.07, 6.45) is 0. The number of anilines is 1. The average molecular weight is 335 g/mol. The highest BCUT2D eigenvalue weighted by atomic mass is 79.9. The summed E-state index contributed by atoms with van der Waals surface area (Å²) in [7, 11) is 0. The Bertz CT molecular complexity index is 629. The van der Waals surface area contributed by atoms with Crippen LogP contribution < -0.4 is 15.8 Å². The van der Waals surface area contributed by atoms with Gasteiger partial charge < -0.3 is 15.8 Å². The van der Waals surface area contributed by atoms with E-state index in [-0.39, 0.29) is 5.91 Å². The van der Waals surface area contributed by atoms with Gasteiger partial charge in [-0.25, -0.2) is 0 Å². The van der Waals surface area contributed by atoms with Crippen molar-refractivity contribution in [2.24, 2.45) is 5.73 Å². The second-order valence-corrected chi connectivity index (χ2v) is 5.19. The summed E-state index contributed by atoms with van der Waals surface area (Å²) in [6, 6.07) is 12.9. The van der Waals surface area contributed by atoms with Gasteiger partial charge in [0, 0.05) is 17.9 Å². The van der Waals surface area contributed by atoms with Crippen molar-refractivity contribution in [2.45, 2.75) is 13.5 Å². The first kappa shape index (κ1) is 14.6. The fourth-order valence-electron chi connectivity index (χ4n) is 1.77. The van der Waals surface area contributed by atoms with Gasteiger partial charge in [-0.1, -0.05) is 28.1 Å². The molecular weight excluding hydrogens is 320 g/mol. The Morgan fingerprint density at radius 2 is 2.05 bits per heavy atom. The van der Waals surface area contributed by atoms with Crippen LogP contribution >= 0.6 is 15.9 Å². The molecule has 3 N–H and O–H groups in total. The molecule has 0 heterocycles. The maximum absolute atomic E-state index is 11.2. The predicted molar refractivity (Wildman–Crippen MR) is 82.9 cm³/mol. The Hall–Kier alpha value is -1.85. The highest BCUT2D eigenvalue weighted by Gasteiger charge is 2.07. The molecule has 0 aliphatic rings. The minimum atomic E-state index is -0.141. The van der Waals surface area contributed by atoms with Crippen molar-refractivity contribution in [3.63, 3.8) is 0 Å². The van der Waals surface area contributed by atoms with E-state index in [1.165, 1.54) is 6.92 Å². The average Bonchev–Trinajstić information content (AvgIpc) is 2.39. The van der Waals surface area contributed by atoms with Crippen molar-refractivity contribution in [2.75, 3.05) is 5.32 Å². The van der Waals surface area contributed by atoms with Crippen LogP contribution in [0, 0.1) is 0 Å². The fraction of sp³-hybridized carbons (Fsp3) is 0.133. The molecule has 0 aromatic heterocycles. The largest absolute Gasteiger partial charge is 0.455 e. The van der Waals surface area contributed by atoms with Crippen molar-refractivity contribution >= 4 is 27.5 Å². The first-order valence-corrected chi connectivity index (χ1v) is 6.92. The van der Waals surface area contributed by atoms with Crippen LogP contribution in [0.5, 0.6) is 11.5 Å². The lowest BCUT2D eigenvalue weighted by Gasteiger charge is -2.12. The molecule has 0 unspecified atom stereocenters. The zero-order valence-electron chi connectivity index (χ0n) is 11.0. The SMILES string of the molecule is CC(=O)Nc1ccccc1Oc1cc(Br)cc(CN)c1. The predicted octanol–water partition coefficient (Wildman–Crippen LogP) is 3.66. The number of rotatable bonds is 4. The fourth-order valence-corrected chi connectivity index (χ4v) is 2.29. The van der Waals surface area contributed by atoms with Crippen molar-refractivity contribution in [3.05, 3.63) is 52.5 Å². The molecule has 0 fully saturated rings. The van der Waals surface area contributed by atoms with Crippen molar-refractivity contribution in [3.8, 4) is 11.5 Å². The van der Waals surface area contributed by atoms with Gasteiger partial charge in [0.05, 0.1) is 5.69 Å². The van der Waals surface area contributed by atoms with Crippen molar-refractivity contribution in [1.82, 2.24) is 0 Å². The first-order valence-electron chi connectivity index (χ1n) is 6.12. The molecule has 2 rings (SSSR count). The van der Waals surface area contributed by atoms with Crippen LogP contribution in [0.4, 0.5) is 5.69 Å². The molecule has 0 radical (unpaired) electrons. The number of para-hydroxylation sites is 2. The second-order valence-electron chi connectivity index (χ2n) is 4.28. The molecule has 2 aromatic carbocycles. The molecular formula is C15H15BrN2O2. The van der Waals surface area contributed by atoms with Crippen LogP contribution in [0.15, 0.2) is 46.9 Å². The molecule has 1 amide bonds. The molecule has 5 heteroatoms. The lowest BCUT2D eigenvalue weighted by molar-refractivity contribution is -0.114. The molecule has 2 aromatic rings. The lowest BCUT2D eigenvalue weighted by atomic mass is 10.2. The number of ether oxygens (including phenoxy) is 1. The van der Waals surface area contributed by atoms with Crippen LogP contribution in [-0.4, -0.2) is 5.91 Å². The Labute approximate surface area is 126 Å². The Balaban J connectivity index is 2.30. The molecule has 0 aliphatic carbocycles. The summed E-state index contributed by atoms with van der Waals surface area (Å²) in [6.45, 7) is 1.89. The normalized spacial score (nSPS) is 10.2. The molecule has 0 atom stereocenters. The van der Waals surface area contributed by atoms with E-state index in [2.05, 4.69) is 21.2 Å². The van der Waals surface area contributed by atoms with Crippen LogP contribution in [0.1, 0.15) is 12.5 Å². The summed E-state index contributed by atoms with van der Waals surface area (Å²) in [5, 5.41) is 2.74. The van der Waals surface area contributed by atoms with Gasteiger partial charge in [-0.15, -0.1) is 0 Å². The van der Waals surface area contributed by atoms with Crippen LogP contribution in [0.2, 0.25) is 0 Å². The lowest BCUT2D eigenvalue weighted by Crippen LogP contribution is -2.06. The smallest absolute Gasteiger partial charge is 0.221 e. The van der Waals surface area contributed by atoms with Gasteiger partial charge in [-0.3, -0.25) is 4.79 Å². The van der Waals surface area contributed by atoms with E-state index in [4.69, 9.17) is 10.5 Å². The van der Waals surface area contributed by atoms with E-state index in [0.29, 0.717) is 23.7 Å². The monoisotopic (exact) mass is 334 g/mol. The molecule has 0 bridgehead atoms. The minimum absolute atomic E-state index is 0.141. The Morgan fingerprint density at radius 3 is 2.75 bits per heavy atom. The summed E-state index contributed by atoms with van der Waals surface area (Å²) in [5.41, 5.74) is 7.24. The summed E-state index contributed by atoms with van der Waals surface area (Å²) in [5.74, 6) is 1.11.